The summed E-state index contributed by atoms with van der Waals surface area (Å²) in [5.41, 5.74) is 3.18. The first-order valence-electron chi connectivity index (χ1n) is 7.79. The summed E-state index contributed by atoms with van der Waals surface area (Å²) < 4.78 is 6.28. The molecule has 0 bridgehead atoms. The Morgan fingerprint density at radius 2 is 2.22 bits per heavy atom. The van der Waals surface area contributed by atoms with Gasteiger partial charge in [0.25, 0.3) is 5.91 Å². The molecule has 3 rings (SSSR count). The average molecular weight is 383 g/mol. The third-order valence-electron chi connectivity index (χ3n) is 4.07. The summed E-state index contributed by atoms with van der Waals surface area (Å²) in [4.78, 5) is 31.6. The Labute approximate surface area is 143 Å². The van der Waals surface area contributed by atoms with Crippen LogP contribution in [0.1, 0.15) is 25.7 Å². The highest BCUT2D eigenvalue weighted by molar-refractivity contribution is 9.10. The van der Waals surface area contributed by atoms with Gasteiger partial charge in [-0.2, -0.15) is 0 Å². The first kappa shape index (κ1) is 16.4. The van der Waals surface area contributed by atoms with E-state index in [0.29, 0.717) is 19.6 Å². The molecule has 2 aliphatic heterocycles. The second-order valence-electron chi connectivity index (χ2n) is 5.69. The second kappa shape index (κ2) is 7.42. The Morgan fingerprint density at radius 3 is 2.96 bits per heavy atom. The predicted molar refractivity (Wildman–Crippen MR) is 87.4 cm³/mol. The van der Waals surface area contributed by atoms with Crippen LogP contribution in [-0.4, -0.2) is 31.3 Å². The quantitative estimate of drug-likeness (QED) is 0.641. The molecule has 7 heteroatoms. The number of carbonyl (C=O) groups excluding carboxylic acids is 2. The monoisotopic (exact) mass is 382 g/mol. The van der Waals surface area contributed by atoms with Gasteiger partial charge < -0.3 is 9.64 Å². The maximum atomic E-state index is 12.5. The first-order chi connectivity index (χ1) is 11.1. The molecule has 1 aromatic carbocycles. The zero-order chi connectivity index (χ0) is 16.2. The number of hydrogen-bond acceptors (Lipinski definition) is 4. The number of carbonyl (C=O) groups is 2. The Morgan fingerprint density at radius 1 is 1.35 bits per heavy atom. The van der Waals surface area contributed by atoms with Gasteiger partial charge in [0.2, 0.25) is 5.91 Å². The lowest BCUT2D eigenvalue weighted by Gasteiger charge is -2.22. The number of anilines is 1. The number of nitrogens with one attached hydrogen (secondary N) is 1. The molecule has 2 amide bonds. The second-order valence-corrected chi connectivity index (χ2v) is 6.61. The molecule has 1 aromatic rings. The van der Waals surface area contributed by atoms with Gasteiger partial charge in [0.05, 0.1) is 0 Å². The van der Waals surface area contributed by atoms with Gasteiger partial charge >= 0.3 is 0 Å². The van der Waals surface area contributed by atoms with Crippen LogP contribution in [0.5, 0.6) is 0 Å². The smallest absolute Gasteiger partial charge is 0.256 e. The number of hydrogen-bond donors (Lipinski definition) is 1. The number of hydroxylamine groups is 1. The zero-order valence-corrected chi connectivity index (χ0v) is 14.3. The Balaban J connectivity index is 1.56. The fourth-order valence-electron chi connectivity index (χ4n) is 2.82. The van der Waals surface area contributed by atoms with Gasteiger partial charge in [0.15, 0.2) is 6.29 Å². The molecule has 124 valence electrons. The molecule has 2 fully saturated rings. The lowest BCUT2D eigenvalue weighted by Crippen LogP contribution is -2.39. The molecule has 0 aromatic heterocycles. The highest BCUT2D eigenvalue weighted by Gasteiger charge is 2.38. The van der Waals surface area contributed by atoms with Crippen LogP contribution in [0, 0.1) is 5.92 Å². The Kier molecular flexibility index (Phi) is 5.30. The molecule has 2 saturated heterocycles. The topological polar surface area (TPSA) is 67.9 Å². The summed E-state index contributed by atoms with van der Waals surface area (Å²) in [6, 6.07) is 7.48. The van der Waals surface area contributed by atoms with Crippen molar-refractivity contribution in [2.45, 2.75) is 32.0 Å². The Hall–Kier alpha value is -1.44. The van der Waals surface area contributed by atoms with Crippen LogP contribution in [0.15, 0.2) is 28.7 Å². The first-order valence-corrected chi connectivity index (χ1v) is 8.58. The third kappa shape index (κ3) is 3.91. The minimum atomic E-state index is -0.711. The van der Waals surface area contributed by atoms with Gasteiger partial charge in [-0.25, -0.2) is 10.3 Å². The van der Waals surface area contributed by atoms with Crippen molar-refractivity contribution in [3.63, 3.8) is 0 Å². The van der Waals surface area contributed by atoms with Crippen LogP contribution in [-0.2, 0) is 19.2 Å². The minimum Gasteiger partial charge on any atom is -0.350 e. The summed E-state index contributed by atoms with van der Waals surface area (Å²) in [6.07, 6.45) is 2.84. The van der Waals surface area contributed by atoms with Crippen LogP contribution >= 0.6 is 15.9 Å². The summed E-state index contributed by atoms with van der Waals surface area (Å²) in [5, 5.41) is 0. The van der Waals surface area contributed by atoms with Gasteiger partial charge in [-0.15, -0.1) is 0 Å². The molecule has 0 aliphatic carbocycles. The van der Waals surface area contributed by atoms with Crippen LogP contribution in [0.4, 0.5) is 5.69 Å². The lowest BCUT2D eigenvalue weighted by atomic mass is 10.1. The van der Waals surface area contributed by atoms with E-state index in [1.807, 2.05) is 24.3 Å². The summed E-state index contributed by atoms with van der Waals surface area (Å²) >= 11 is 3.39. The molecule has 1 N–H and O–H groups in total. The van der Waals surface area contributed by atoms with Gasteiger partial charge in [-0.3, -0.25) is 9.59 Å². The van der Waals surface area contributed by atoms with E-state index in [4.69, 9.17) is 9.57 Å². The fourth-order valence-corrected chi connectivity index (χ4v) is 3.21. The third-order valence-corrected chi connectivity index (χ3v) is 4.56. The largest absolute Gasteiger partial charge is 0.350 e. The molecular formula is C16H19BrN2O4. The molecule has 0 saturated carbocycles. The van der Waals surface area contributed by atoms with Crippen LogP contribution in [0.25, 0.3) is 0 Å². The minimum absolute atomic E-state index is 0.200. The van der Waals surface area contributed by atoms with E-state index in [1.165, 1.54) is 0 Å². The summed E-state index contributed by atoms with van der Waals surface area (Å²) in [7, 11) is 0. The highest BCUT2D eigenvalue weighted by atomic mass is 79.9. The van der Waals surface area contributed by atoms with E-state index >= 15 is 0 Å². The molecule has 0 radical (unpaired) electrons. The molecular weight excluding hydrogens is 364 g/mol. The van der Waals surface area contributed by atoms with E-state index < -0.39 is 18.1 Å². The normalized spacial score (nSPS) is 24.7. The summed E-state index contributed by atoms with van der Waals surface area (Å²) in [6.45, 7) is 1.16. The molecule has 0 spiro atoms. The standard InChI is InChI=1S/C16H19BrN2O4/c17-11-4-3-5-12(10-11)19-8-7-13(16(19)21)15(20)18-23-14-6-1-2-9-22-14/h3-5,10,13-14H,1-2,6-9H2,(H,18,20)/t13-,14+/m1/s1. The molecule has 2 heterocycles. The zero-order valence-electron chi connectivity index (χ0n) is 12.7. The van der Waals surface area contributed by atoms with E-state index in [-0.39, 0.29) is 5.91 Å². The van der Waals surface area contributed by atoms with Crippen molar-refractivity contribution in [2.75, 3.05) is 18.1 Å². The number of nitrogens with zero attached hydrogens (tertiary/aromatic N) is 1. The lowest BCUT2D eigenvalue weighted by molar-refractivity contribution is -0.202. The van der Waals surface area contributed by atoms with Crippen molar-refractivity contribution < 1.29 is 19.2 Å². The van der Waals surface area contributed by atoms with Crippen molar-refractivity contribution in [3.8, 4) is 0 Å². The van der Waals surface area contributed by atoms with Crippen molar-refractivity contribution in [3.05, 3.63) is 28.7 Å². The van der Waals surface area contributed by atoms with Crippen molar-refractivity contribution in [2.24, 2.45) is 5.92 Å². The van der Waals surface area contributed by atoms with Gasteiger partial charge in [-0.05, 0) is 37.5 Å². The Bertz CT molecular complexity index is 589. The predicted octanol–water partition coefficient (Wildman–Crippen LogP) is 2.38. The molecule has 2 aliphatic rings. The average Bonchev–Trinajstić information content (AvgIpc) is 2.95. The molecule has 23 heavy (non-hydrogen) atoms. The van der Waals surface area contributed by atoms with Gasteiger partial charge in [0.1, 0.15) is 5.92 Å². The number of halogens is 1. The summed E-state index contributed by atoms with van der Waals surface area (Å²) in [5.74, 6) is -1.31. The van der Waals surface area contributed by atoms with Crippen LogP contribution < -0.4 is 10.4 Å². The van der Waals surface area contributed by atoms with E-state index in [9.17, 15) is 9.59 Å². The van der Waals surface area contributed by atoms with Gasteiger partial charge in [0, 0.05) is 29.7 Å². The highest BCUT2D eigenvalue weighted by Crippen LogP contribution is 2.27. The molecule has 2 atom stereocenters. The van der Waals surface area contributed by atoms with Crippen LogP contribution in [0.2, 0.25) is 0 Å². The van der Waals surface area contributed by atoms with E-state index in [0.717, 1.165) is 29.4 Å². The number of rotatable bonds is 4. The number of benzene rings is 1. The van der Waals surface area contributed by atoms with Crippen molar-refractivity contribution >= 4 is 33.4 Å². The fraction of sp³-hybridized carbons (Fsp3) is 0.500. The van der Waals surface area contributed by atoms with Gasteiger partial charge in [-0.1, -0.05) is 22.0 Å². The number of amides is 2. The van der Waals surface area contributed by atoms with E-state index in [1.54, 1.807) is 4.90 Å². The van der Waals surface area contributed by atoms with Crippen LogP contribution in [0.3, 0.4) is 0 Å². The maximum Gasteiger partial charge on any atom is 0.256 e. The number of ether oxygens (including phenoxy) is 1. The van der Waals surface area contributed by atoms with Crippen molar-refractivity contribution in [1.82, 2.24) is 5.48 Å². The van der Waals surface area contributed by atoms with Crippen molar-refractivity contribution in [1.29, 1.82) is 0 Å². The maximum absolute atomic E-state index is 12.5. The van der Waals surface area contributed by atoms with E-state index in [2.05, 4.69) is 21.4 Å². The SMILES string of the molecule is O=C(NO[C@H]1CCCCO1)[C@H]1CCN(c2cccc(Br)c2)C1=O. The molecule has 0 unspecified atom stereocenters. The molecule has 6 nitrogen and oxygen atoms in total.